The maximum Gasteiger partial charge on any atom is 0.118 e. The molecule has 0 N–H and O–H groups in total. The van der Waals surface area contributed by atoms with Crippen molar-refractivity contribution >= 4 is 9.24 Å². The third-order valence-electron chi connectivity index (χ3n) is 1.70. The van der Waals surface area contributed by atoms with E-state index >= 15 is 0 Å². The molecule has 0 fully saturated rings. The molecule has 2 nitrogen and oxygen atoms in total. The van der Waals surface area contributed by atoms with Crippen molar-refractivity contribution in [2.75, 3.05) is 0 Å². The molecule has 2 heterocycles. The van der Waals surface area contributed by atoms with Crippen molar-refractivity contribution in [3.8, 4) is 0 Å². The van der Waals surface area contributed by atoms with Crippen LogP contribution in [-0.4, -0.2) is 0 Å². The average molecular weight is 180 g/mol. The molecule has 0 amide bonds. The van der Waals surface area contributed by atoms with Gasteiger partial charge in [0.2, 0.25) is 0 Å². The highest BCUT2D eigenvalue weighted by atomic mass is 31.0. The van der Waals surface area contributed by atoms with Crippen molar-refractivity contribution in [2.45, 2.75) is 5.66 Å². The summed E-state index contributed by atoms with van der Waals surface area (Å²) in [5.74, 6) is 1.80. The minimum atomic E-state index is 0.120. The molecule has 12 heavy (non-hydrogen) atoms. The lowest BCUT2D eigenvalue weighted by molar-refractivity contribution is 0.470. The molecule has 0 saturated heterocycles. The van der Waals surface area contributed by atoms with E-state index in [2.05, 4.69) is 9.24 Å². The van der Waals surface area contributed by atoms with E-state index in [0.29, 0.717) is 0 Å². The third-order valence-corrected chi connectivity index (χ3v) is 2.36. The molecule has 2 aromatic heterocycles. The lowest BCUT2D eigenvalue weighted by atomic mass is 10.2. The summed E-state index contributed by atoms with van der Waals surface area (Å²) in [4.78, 5) is 0. The molecule has 2 rings (SSSR count). The van der Waals surface area contributed by atoms with Gasteiger partial charge in [-0.1, -0.05) is 0 Å². The summed E-state index contributed by atoms with van der Waals surface area (Å²) in [6.07, 6.45) is 3.32. The van der Waals surface area contributed by atoms with Crippen LogP contribution in [0.1, 0.15) is 17.2 Å². The lowest BCUT2D eigenvalue weighted by Crippen LogP contribution is -1.86. The van der Waals surface area contributed by atoms with Crippen molar-refractivity contribution in [3.05, 3.63) is 48.3 Å². The Kier molecular flexibility index (Phi) is 2.01. The second-order valence-corrected chi connectivity index (χ2v) is 3.18. The summed E-state index contributed by atoms with van der Waals surface area (Å²) in [5, 5.41) is 0. The molecule has 0 saturated carbocycles. The van der Waals surface area contributed by atoms with Gasteiger partial charge in [-0.15, -0.1) is 9.24 Å². The summed E-state index contributed by atoms with van der Waals surface area (Å²) in [5.41, 5.74) is 0.120. The van der Waals surface area contributed by atoms with E-state index < -0.39 is 0 Å². The van der Waals surface area contributed by atoms with Gasteiger partial charge in [0, 0.05) is 0 Å². The zero-order chi connectivity index (χ0) is 8.39. The fourth-order valence-electron chi connectivity index (χ4n) is 1.08. The Balaban J connectivity index is 2.27. The molecule has 0 spiro atoms. The van der Waals surface area contributed by atoms with Crippen molar-refractivity contribution in [2.24, 2.45) is 0 Å². The van der Waals surface area contributed by atoms with Crippen LogP contribution in [-0.2, 0) is 0 Å². The predicted octanol–water partition coefficient (Wildman–Crippen LogP) is 2.84. The molecule has 1 atom stereocenters. The topological polar surface area (TPSA) is 26.3 Å². The van der Waals surface area contributed by atoms with E-state index in [4.69, 9.17) is 8.83 Å². The molecule has 0 aliphatic rings. The first-order chi connectivity index (χ1) is 5.88. The molecular formula is C9H9O2P. The molecular weight excluding hydrogens is 171 g/mol. The second kappa shape index (κ2) is 3.16. The maximum atomic E-state index is 5.24. The van der Waals surface area contributed by atoms with E-state index in [9.17, 15) is 0 Å². The minimum Gasteiger partial charge on any atom is -0.468 e. The van der Waals surface area contributed by atoms with Crippen LogP contribution in [0.25, 0.3) is 0 Å². The number of hydrogen-bond donors (Lipinski definition) is 0. The van der Waals surface area contributed by atoms with Gasteiger partial charge in [-0.2, -0.15) is 0 Å². The predicted molar refractivity (Wildman–Crippen MR) is 49.0 cm³/mol. The zero-order valence-corrected chi connectivity index (χ0v) is 7.59. The summed E-state index contributed by atoms with van der Waals surface area (Å²) in [6, 6.07) is 7.60. The summed E-state index contributed by atoms with van der Waals surface area (Å²) in [6.45, 7) is 0. The lowest BCUT2D eigenvalue weighted by Gasteiger charge is -2.02. The molecule has 0 aliphatic heterocycles. The van der Waals surface area contributed by atoms with E-state index in [-0.39, 0.29) is 5.66 Å². The highest BCUT2D eigenvalue weighted by molar-refractivity contribution is 7.17. The fraction of sp³-hybridized carbons (Fsp3) is 0.111. The molecule has 3 heteroatoms. The van der Waals surface area contributed by atoms with Crippen LogP contribution in [0.2, 0.25) is 0 Å². The van der Waals surface area contributed by atoms with Gasteiger partial charge < -0.3 is 8.83 Å². The molecule has 0 aromatic carbocycles. The Labute approximate surface area is 72.8 Å². The quantitative estimate of drug-likeness (QED) is 0.664. The molecule has 1 unspecified atom stereocenters. The van der Waals surface area contributed by atoms with Gasteiger partial charge in [-0.05, 0) is 24.3 Å². The summed E-state index contributed by atoms with van der Waals surface area (Å²) < 4.78 is 10.5. The van der Waals surface area contributed by atoms with Crippen LogP contribution < -0.4 is 0 Å². The Morgan fingerprint density at radius 1 is 1.00 bits per heavy atom. The molecule has 0 aliphatic carbocycles. The number of furan rings is 2. The first kappa shape index (κ1) is 7.63. The Hall–Kier alpha value is -1.01. The van der Waals surface area contributed by atoms with Gasteiger partial charge in [0.1, 0.15) is 11.5 Å². The van der Waals surface area contributed by atoms with Gasteiger partial charge in [-0.25, -0.2) is 0 Å². The van der Waals surface area contributed by atoms with Crippen LogP contribution in [0.4, 0.5) is 0 Å². The van der Waals surface area contributed by atoms with Crippen molar-refractivity contribution in [1.82, 2.24) is 0 Å². The van der Waals surface area contributed by atoms with Gasteiger partial charge in [-0.3, -0.25) is 0 Å². The minimum absolute atomic E-state index is 0.120. The van der Waals surface area contributed by atoms with E-state index in [0.717, 1.165) is 11.5 Å². The maximum absolute atomic E-state index is 5.24. The van der Waals surface area contributed by atoms with Crippen LogP contribution in [0.5, 0.6) is 0 Å². The molecule has 0 bridgehead atoms. The van der Waals surface area contributed by atoms with Crippen LogP contribution in [0.3, 0.4) is 0 Å². The number of hydrogen-bond acceptors (Lipinski definition) is 2. The highest BCUT2D eigenvalue weighted by Crippen LogP contribution is 2.30. The first-order valence-corrected chi connectivity index (χ1v) is 4.37. The monoisotopic (exact) mass is 180 g/mol. The normalized spacial score (nSPS) is 10.8. The summed E-state index contributed by atoms with van der Waals surface area (Å²) in [7, 11) is 2.68. The molecule has 2 aromatic rings. The standard InChI is InChI=1S/C9H9O2P/c12-9(7-3-1-5-10-7)8-4-2-6-11-8/h1-6,9H,12H2. The van der Waals surface area contributed by atoms with E-state index in [1.807, 2.05) is 24.3 Å². The molecule has 0 radical (unpaired) electrons. The second-order valence-electron chi connectivity index (χ2n) is 2.51. The zero-order valence-electron chi connectivity index (χ0n) is 6.44. The Morgan fingerprint density at radius 2 is 1.50 bits per heavy atom. The van der Waals surface area contributed by atoms with Gasteiger partial charge in [0.15, 0.2) is 0 Å². The van der Waals surface area contributed by atoms with Crippen LogP contribution in [0, 0.1) is 0 Å². The third kappa shape index (κ3) is 1.30. The average Bonchev–Trinajstić information content (AvgIpc) is 2.77. The van der Waals surface area contributed by atoms with Gasteiger partial charge in [0.05, 0.1) is 18.2 Å². The SMILES string of the molecule is PC(c1ccco1)c1ccco1. The van der Waals surface area contributed by atoms with E-state index in [1.165, 1.54) is 0 Å². The fourth-order valence-corrected chi connectivity index (χ4v) is 1.46. The Morgan fingerprint density at radius 3 is 1.83 bits per heavy atom. The van der Waals surface area contributed by atoms with Gasteiger partial charge in [0.25, 0.3) is 0 Å². The Bertz CT molecular complexity index is 289. The van der Waals surface area contributed by atoms with Crippen LogP contribution >= 0.6 is 9.24 Å². The van der Waals surface area contributed by atoms with Crippen molar-refractivity contribution < 1.29 is 8.83 Å². The highest BCUT2D eigenvalue weighted by Gasteiger charge is 2.12. The van der Waals surface area contributed by atoms with Crippen molar-refractivity contribution in [1.29, 1.82) is 0 Å². The van der Waals surface area contributed by atoms with Gasteiger partial charge >= 0.3 is 0 Å². The van der Waals surface area contributed by atoms with Crippen LogP contribution in [0.15, 0.2) is 45.6 Å². The number of rotatable bonds is 2. The van der Waals surface area contributed by atoms with E-state index in [1.54, 1.807) is 12.5 Å². The largest absolute Gasteiger partial charge is 0.468 e. The molecule has 62 valence electrons. The first-order valence-electron chi connectivity index (χ1n) is 3.70. The summed E-state index contributed by atoms with van der Waals surface area (Å²) >= 11 is 0. The smallest absolute Gasteiger partial charge is 0.118 e. The van der Waals surface area contributed by atoms with Crippen molar-refractivity contribution in [3.63, 3.8) is 0 Å².